The van der Waals surface area contributed by atoms with E-state index in [-0.39, 0.29) is 6.71 Å². The van der Waals surface area contributed by atoms with Crippen molar-refractivity contribution in [1.82, 2.24) is 0 Å². The minimum Gasteiger partial charge on any atom is -0.455 e. The molecule has 1 aromatic heterocycles. The molecule has 0 N–H and O–H groups in total. The van der Waals surface area contributed by atoms with Crippen LogP contribution in [0.1, 0.15) is 0 Å². The molecule has 0 amide bonds. The summed E-state index contributed by atoms with van der Waals surface area (Å²) in [6.07, 6.45) is 0. The van der Waals surface area contributed by atoms with Crippen molar-refractivity contribution in [2.75, 3.05) is 0 Å². The van der Waals surface area contributed by atoms with Crippen molar-refractivity contribution in [2.24, 2.45) is 0 Å². The lowest BCUT2D eigenvalue weighted by Gasteiger charge is -2.32. The summed E-state index contributed by atoms with van der Waals surface area (Å²) < 4.78 is 6.58. The first-order valence-corrected chi connectivity index (χ1v) is 12.4. The fourth-order valence-electron chi connectivity index (χ4n) is 5.35. The van der Waals surface area contributed by atoms with Crippen LogP contribution in [0.25, 0.3) is 32.7 Å². The Morgan fingerprint density at radius 1 is 0.594 bits per heavy atom. The lowest BCUT2D eigenvalue weighted by molar-refractivity contribution is 0.661. The van der Waals surface area contributed by atoms with E-state index in [2.05, 4.69) is 91.0 Å². The molecule has 2 aliphatic heterocycles. The van der Waals surface area contributed by atoms with Gasteiger partial charge in [0.15, 0.2) is 0 Å². The van der Waals surface area contributed by atoms with Crippen molar-refractivity contribution in [3.05, 3.63) is 91.0 Å². The number of hydrogen-bond acceptors (Lipinski definition) is 3. The molecular formula is C28H15BOS2. The van der Waals surface area contributed by atoms with Crippen molar-refractivity contribution in [1.29, 1.82) is 0 Å². The molecule has 8 rings (SSSR count). The molecule has 0 aliphatic carbocycles. The number of rotatable bonds is 0. The van der Waals surface area contributed by atoms with Crippen LogP contribution in [-0.2, 0) is 0 Å². The average molecular weight is 442 g/mol. The summed E-state index contributed by atoms with van der Waals surface area (Å²) in [5.41, 5.74) is 6.20. The van der Waals surface area contributed by atoms with Gasteiger partial charge in [0.2, 0.25) is 6.71 Å². The van der Waals surface area contributed by atoms with Gasteiger partial charge in [-0.3, -0.25) is 0 Å². The van der Waals surface area contributed by atoms with E-state index in [4.69, 9.17) is 4.42 Å². The third-order valence-corrected chi connectivity index (χ3v) is 9.15. The van der Waals surface area contributed by atoms with E-state index >= 15 is 0 Å². The molecule has 0 fully saturated rings. The van der Waals surface area contributed by atoms with E-state index < -0.39 is 0 Å². The summed E-state index contributed by atoms with van der Waals surface area (Å²) in [7, 11) is 0. The van der Waals surface area contributed by atoms with Crippen LogP contribution in [0.4, 0.5) is 0 Å². The zero-order chi connectivity index (χ0) is 20.8. The van der Waals surface area contributed by atoms with Crippen LogP contribution in [0.15, 0.2) is 115 Å². The lowest BCUT2D eigenvalue weighted by Crippen LogP contribution is -2.57. The van der Waals surface area contributed by atoms with E-state index in [0.29, 0.717) is 0 Å². The summed E-state index contributed by atoms with van der Waals surface area (Å²) in [6.45, 7) is 0.256. The van der Waals surface area contributed by atoms with Crippen molar-refractivity contribution in [3.63, 3.8) is 0 Å². The molecule has 3 heterocycles. The Bertz CT molecular complexity index is 1750. The van der Waals surface area contributed by atoms with Crippen LogP contribution in [0.5, 0.6) is 0 Å². The van der Waals surface area contributed by atoms with Gasteiger partial charge in [0.1, 0.15) is 11.2 Å². The smallest absolute Gasteiger partial charge is 0.247 e. The van der Waals surface area contributed by atoms with E-state index in [1.807, 2.05) is 23.5 Å². The fourth-order valence-corrected chi connectivity index (χ4v) is 7.84. The van der Waals surface area contributed by atoms with Gasteiger partial charge in [0.25, 0.3) is 0 Å². The van der Waals surface area contributed by atoms with E-state index in [9.17, 15) is 0 Å². The van der Waals surface area contributed by atoms with Gasteiger partial charge in [-0.25, -0.2) is 0 Å². The summed E-state index contributed by atoms with van der Waals surface area (Å²) >= 11 is 3.76. The average Bonchev–Trinajstić information content (AvgIpc) is 3.20. The minimum atomic E-state index is 0.256. The van der Waals surface area contributed by atoms with E-state index in [1.165, 1.54) is 57.5 Å². The Balaban J connectivity index is 1.46. The van der Waals surface area contributed by atoms with Gasteiger partial charge in [-0.15, -0.1) is 0 Å². The van der Waals surface area contributed by atoms with Crippen LogP contribution >= 0.6 is 23.5 Å². The molecule has 1 nitrogen and oxygen atoms in total. The largest absolute Gasteiger partial charge is 0.455 e. The lowest BCUT2D eigenvalue weighted by atomic mass is 9.36. The van der Waals surface area contributed by atoms with Gasteiger partial charge in [0, 0.05) is 25.5 Å². The molecule has 148 valence electrons. The van der Waals surface area contributed by atoms with Gasteiger partial charge >= 0.3 is 0 Å². The number of hydrogen-bond donors (Lipinski definition) is 0. The number of furan rings is 1. The maximum Gasteiger partial charge on any atom is 0.247 e. The highest BCUT2D eigenvalue weighted by atomic mass is 32.2. The SMILES string of the molecule is c1ccc2c(c1)Sc1cccc3c1B2c1ccc2c(oc4cc5ccccc5cc42)c1S3. The molecule has 0 unspecified atom stereocenters. The fraction of sp³-hybridized carbons (Fsp3) is 0. The van der Waals surface area contributed by atoms with Gasteiger partial charge in [-0.1, -0.05) is 95.1 Å². The van der Waals surface area contributed by atoms with Crippen molar-refractivity contribution in [2.45, 2.75) is 19.6 Å². The Morgan fingerprint density at radius 3 is 2.25 bits per heavy atom. The van der Waals surface area contributed by atoms with Gasteiger partial charge in [-0.05, 0) is 46.6 Å². The van der Waals surface area contributed by atoms with E-state index in [0.717, 1.165) is 11.2 Å². The molecule has 32 heavy (non-hydrogen) atoms. The topological polar surface area (TPSA) is 13.1 Å². The molecular weight excluding hydrogens is 427 g/mol. The van der Waals surface area contributed by atoms with Crippen LogP contribution in [0.2, 0.25) is 0 Å². The molecule has 6 aromatic rings. The molecule has 0 saturated carbocycles. The van der Waals surface area contributed by atoms with Crippen LogP contribution in [-0.4, -0.2) is 6.71 Å². The number of fused-ring (bicyclic) bond motifs is 9. The second-order valence-electron chi connectivity index (χ2n) is 8.50. The summed E-state index contributed by atoms with van der Waals surface area (Å²) in [5.74, 6) is 0. The maximum atomic E-state index is 6.58. The highest BCUT2D eigenvalue weighted by Crippen LogP contribution is 2.43. The molecule has 0 saturated heterocycles. The predicted molar refractivity (Wildman–Crippen MR) is 137 cm³/mol. The van der Waals surface area contributed by atoms with Crippen LogP contribution in [0, 0.1) is 0 Å². The van der Waals surface area contributed by atoms with Crippen molar-refractivity contribution >= 4 is 79.3 Å². The highest BCUT2D eigenvalue weighted by Gasteiger charge is 2.38. The molecule has 5 aromatic carbocycles. The standard InChI is InChI=1S/C28H15BOS2/c1-2-7-17-15-22-19(14-16(17)6-1)18-12-13-21-28(27(18)30-22)32-25-11-5-10-24-26(25)29(21)20-8-3-4-9-23(20)31-24/h1-15H. The first-order chi connectivity index (χ1) is 15.8. The van der Waals surface area contributed by atoms with Gasteiger partial charge < -0.3 is 4.42 Å². The normalized spacial score (nSPS) is 13.9. The molecule has 0 atom stereocenters. The van der Waals surface area contributed by atoms with Gasteiger partial charge in [0.05, 0.1) is 4.90 Å². The maximum absolute atomic E-state index is 6.58. The zero-order valence-electron chi connectivity index (χ0n) is 17.0. The Kier molecular flexibility index (Phi) is 3.41. The predicted octanol–water partition coefficient (Wildman–Crippen LogP) is 6.18. The third kappa shape index (κ3) is 2.24. The molecule has 4 heteroatoms. The highest BCUT2D eigenvalue weighted by molar-refractivity contribution is 8.01. The van der Waals surface area contributed by atoms with E-state index in [1.54, 1.807) is 0 Å². The monoisotopic (exact) mass is 442 g/mol. The second-order valence-corrected chi connectivity index (χ2v) is 10.6. The summed E-state index contributed by atoms with van der Waals surface area (Å²) in [6, 6.07) is 33.2. The second kappa shape index (κ2) is 6.25. The minimum absolute atomic E-state index is 0.256. The summed E-state index contributed by atoms with van der Waals surface area (Å²) in [5, 5.41) is 4.87. The molecule has 0 spiro atoms. The molecule has 0 bridgehead atoms. The van der Waals surface area contributed by atoms with Crippen molar-refractivity contribution in [3.8, 4) is 0 Å². The first-order valence-electron chi connectivity index (χ1n) is 10.8. The Morgan fingerprint density at radius 2 is 1.34 bits per heavy atom. The zero-order valence-corrected chi connectivity index (χ0v) is 18.6. The van der Waals surface area contributed by atoms with Crippen molar-refractivity contribution < 1.29 is 4.42 Å². The summed E-state index contributed by atoms with van der Waals surface area (Å²) in [4.78, 5) is 5.34. The number of benzene rings is 5. The molecule has 0 radical (unpaired) electrons. The molecule has 2 aliphatic rings. The quantitative estimate of drug-likeness (QED) is 0.260. The van der Waals surface area contributed by atoms with Crippen LogP contribution < -0.4 is 16.4 Å². The third-order valence-electron chi connectivity index (χ3n) is 6.78. The van der Waals surface area contributed by atoms with Gasteiger partial charge in [-0.2, -0.15) is 0 Å². The Hall–Kier alpha value is -3.08. The van der Waals surface area contributed by atoms with Crippen LogP contribution in [0.3, 0.4) is 0 Å². The first kappa shape index (κ1) is 17.5. The Labute approximate surface area is 193 Å².